The van der Waals surface area contributed by atoms with Gasteiger partial charge in [-0.25, -0.2) is 9.97 Å². The van der Waals surface area contributed by atoms with Crippen molar-refractivity contribution in [3.05, 3.63) is 70.6 Å². The van der Waals surface area contributed by atoms with Crippen LogP contribution in [-0.2, 0) is 11.1 Å². The number of halogens is 4. The van der Waals surface area contributed by atoms with Gasteiger partial charge in [-0.05, 0) is 74.7 Å². The summed E-state index contributed by atoms with van der Waals surface area (Å²) in [7, 11) is 1.39. The molecule has 1 aromatic carbocycles. The highest BCUT2D eigenvalue weighted by Gasteiger charge is 2.56. The number of rotatable bonds is 9. The van der Waals surface area contributed by atoms with Gasteiger partial charge in [-0.3, -0.25) is 4.79 Å². The third kappa shape index (κ3) is 6.43. The third-order valence-electron chi connectivity index (χ3n) is 6.23. The molecule has 3 aromatic rings. The zero-order valence-corrected chi connectivity index (χ0v) is 22.2. The first kappa shape index (κ1) is 28.6. The summed E-state index contributed by atoms with van der Waals surface area (Å²) < 4.78 is 54.3. The molecule has 8 nitrogen and oxygen atoms in total. The number of nitrogens with zero attached hydrogens (tertiary/aromatic N) is 2. The summed E-state index contributed by atoms with van der Waals surface area (Å²) in [5, 5.41) is 13.4. The number of nitrogens with one attached hydrogen (secondary N) is 1. The third-order valence-corrected chi connectivity index (χ3v) is 6.44. The van der Waals surface area contributed by atoms with E-state index in [1.165, 1.54) is 49.7 Å². The van der Waals surface area contributed by atoms with Crippen LogP contribution in [0.1, 0.15) is 48.3 Å². The van der Waals surface area contributed by atoms with Crippen LogP contribution in [0.2, 0.25) is 5.15 Å². The van der Waals surface area contributed by atoms with Gasteiger partial charge in [0.1, 0.15) is 5.15 Å². The standard InChI is InChI=1S/C27H28ClF3N4O4/c1-25(2,32)17-12-19(15-8-9-33-23(28)11-15)35-22(13-17)26(37,27(29,30)31)14-34-24(36)16-4-7-20(21(10-16)38-3)39-18-5-6-18/h4,7-13,18,37H,5-6,14,32H2,1-3H3,(H,34,36). The summed E-state index contributed by atoms with van der Waals surface area (Å²) in [5.74, 6) is -0.163. The molecule has 4 N–H and O–H groups in total. The van der Waals surface area contributed by atoms with E-state index in [2.05, 4.69) is 15.3 Å². The number of methoxy groups -OCH3 is 1. The number of pyridine rings is 2. The van der Waals surface area contributed by atoms with Crippen molar-refractivity contribution in [1.29, 1.82) is 0 Å². The van der Waals surface area contributed by atoms with Gasteiger partial charge in [0, 0.05) is 22.9 Å². The number of aliphatic hydroxyl groups is 1. The molecule has 1 amide bonds. The van der Waals surface area contributed by atoms with Gasteiger partial charge in [0.05, 0.1) is 31.1 Å². The Hall–Kier alpha value is -3.41. The van der Waals surface area contributed by atoms with Gasteiger partial charge in [-0.15, -0.1) is 0 Å². The second-order valence-corrected chi connectivity index (χ2v) is 10.3. The number of hydrogen-bond acceptors (Lipinski definition) is 7. The van der Waals surface area contributed by atoms with Crippen molar-refractivity contribution in [2.24, 2.45) is 5.73 Å². The first-order chi connectivity index (χ1) is 18.2. The summed E-state index contributed by atoms with van der Waals surface area (Å²) in [6.45, 7) is 2.00. The number of carbonyl (C=O) groups is 1. The van der Waals surface area contributed by atoms with Crippen LogP contribution in [0.25, 0.3) is 11.3 Å². The molecule has 2 aromatic heterocycles. The van der Waals surface area contributed by atoms with Crippen LogP contribution in [0, 0.1) is 0 Å². The molecular weight excluding hydrogens is 537 g/mol. The molecule has 0 bridgehead atoms. The SMILES string of the molecule is COc1cc(C(=O)NCC(O)(c2cc(C(C)(C)N)cc(-c3ccnc(Cl)c3)n2)C(F)(F)F)ccc1OC1CC1. The Labute approximate surface area is 228 Å². The molecule has 1 atom stereocenters. The highest BCUT2D eigenvalue weighted by molar-refractivity contribution is 6.29. The molecule has 0 radical (unpaired) electrons. The zero-order valence-electron chi connectivity index (χ0n) is 21.5. The number of ether oxygens (including phenoxy) is 2. The van der Waals surface area contributed by atoms with Crippen molar-refractivity contribution in [2.75, 3.05) is 13.7 Å². The second kappa shape index (κ2) is 10.6. The number of benzene rings is 1. The average molecular weight is 565 g/mol. The maximum atomic E-state index is 14.4. The topological polar surface area (TPSA) is 120 Å². The molecule has 4 rings (SSSR count). The Morgan fingerprint density at radius 3 is 2.46 bits per heavy atom. The van der Waals surface area contributed by atoms with E-state index in [0.29, 0.717) is 11.3 Å². The normalized spacial score (nSPS) is 15.4. The van der Waals surface area contributed by atoms with E-state index in [0.717, 1.165) is 18.9 Å². The van der Waals surface area contributed by atoms with Gasteiger partial charge < -0.3 is 25.6 Å². The number of amides is 1. The van der Waals surface area contributed by atoms with Crippen molar-refractivity contribution < 1.29 is 32.5 Å². The zero-order chi connectivity index (χ0) is 28.6. The summed E-state index contributed by atoms with van der Waals surface area (Å²) in [6.07, 6.45) is -1.93. The van der Waals surface area contributed by atoms with E-state index in [1.54, 1.807) is 13.8 Å². The van der Waals surface area contributed by atoms with Gasteiger partial charge in [-0.1, -0.05) is 11.6 Å². The Bertz CT molecular complexity index is 1380. The molecule has 0 aliphatic heterocycles. The van der Waals surface area contributed by atoms with Gasteiger partial charge >= 0.3 is 6.18 Å². The molecule has 1 saturated carbocycles. The predicted molar refractivity (Wildman–Crippen MR) is 139 cm³/mol. The molecule has 0 saturated heterocycles. The Morgan fingerprint density at radius 1 is 1.15 bits per heavy atom. The highest BCUT2D eigenvalue weighted by atomic mass is 35.5. The Kier molecular flexibility index (Phi) is 7.79. The number of aromatic nitrogens is 2. The van der Waals surface area contributed by atoms with Crippen molar-refractivity contribution in [3.8, 4) is 22.8 Å². The fraction of sp³-hybridized carbons (Fsp3) is 0.370. The second-order valence-electron chi connectivity index (χ2n) is 9.94. The van der Waals surface area contributed by atoms with E-state index in [4.69, 9.17) is 26.8 Å². The number of nitrogens with two attached hydrogens (primary N) is 1. The molecule has 39 heavy (non-hydrogen) atoms. The Morgan fingerprint density at radius 2 is 1.87 bits per heavy atom. The van der Waals surface area contributed by atoms with Crippen LogP contribution in [-0.4, -0.2) is 46.9 Å². The molecule has 1 aliphatic carbocycles. The minimum Gasteiger partial charge on any atom is -0.493 e. The highest BCUT2D eigenvalue weighted by Crippen LogP contribution is 2.40. The van der Waals surface area contributed by atoms with Gasteiger partial charge in [0.25, 0.3) is 5.91 Å². The fourth-order valence-corrected chi connectivity index (χ4v) is 3.92. The van der Waals surface area contributed by atoms with Crippen molar-refractivity contribution >= 4 is 17.5 Å². The van der Waals surface area contributed by atoms with E-state index >= 15 is 0 Å². The maximum Gasteiger partial charge on any atom is 0.424 e. The maximum absolute atomic E-state index is 14.4. The van der Waals surface area contributed by atoms with Crippen LogP contribution in [0.4, 0.5) is 13.2 Å². The monoisotopic (exact) mass is 564 g/mol. The largest absolute Gasteiger partial charge is 0.493 e. The van der Waals surface area contributed by atoms with Crippen LogP contribution in [0.5, 0.6) is 11.5 Å². The number of hydrogen-bond donors (Lipinski definition) is 3. The molecule has 1 aliphatic rings. The Balaban J connectivity index is 1.68. The number of carbonyl (C=O) groups excluding carboxylic acids is 1. The minimum atomic E-state index is -5.21. The quantitative estimate of drug-likeness (QED) is 0.322. The molecule has 0 spiro atoms. The molecule has 1 unspecified atom stereocenters. The van der Waals surface area contributed by atoms with Gasteiger partial charge in [-0.2, -0.15) is 13.2 Å². The van der Waals surface area contributed by atoms with Crippen LogP contribution in [0.15, 0.2) is 48.7 Å². The first-order valence-electron chi connectivity index (χ1n) is 12.1. The average Bonchev–Trinajstić information content (AvgIpc) is 3.70. The van der Waals surface area contributed by atoms with Crippen LogP contribution in [0.3, 0.4) is 0 Å². The van der Waals surface area contributed by atoms with E-state index in [-0.39, 0.29) is 33.8 Å². The lowest BCUT2D eigenvalue weighted by Gasteiger charge is -2.32. The number of alkyl halides is 3. The first-order valence-corrected chi connectivity index (χ1v) is 12.4. The summed E-state index contributed by atoms with van der Waals surface area (Å²) in [5.41, 5.74) is 1.61. The molecule has 1 fully saturated rings. The van der Waals surface area contributed by atoms with Gasteiger partial charge in [0.2, 0.25) is 5.60 Å². The van der Waals surface area contributed by atoms with Gasteiger partial charge in [0.15, 0.2) is 11.5 Å². The van der Waals surface area contributed by atoms with E-state index in [1.807, 2.05) is 0 Å². The van der Waals surface area contributed by atoms with E-state index in [9.17, 15) is 23.1 Å². The summed E-state index contributed by atoms with van der Waals surface area (Å²) in [4.78, 5) is 20.9. The van der Waals surface area contributed by atoms with Crippen molar-refractivity contribution in [1.82, 2.24) is 15.3 Å². The predicted octanol–water partition coefficient (Wildman–Crippen LogP) is 4.72. The van der Waals surface area contributed by atoms with Crippen LogP contribution >= 0.6 is 11.6 Å². The molecule has 12 heteroatoms. The minimum absolute atomic E-state index is 0.0245. The lowest BCUT2D eigenvalue weighted by atomic mass is 9.89. The summed E-state index contributed by atoms with van der Waals surface area (Å²) >= 11 is 5.97. The molecular formula is C27H28ClF3N4O4. The smallest absolute Gasteiger partial charge is 0.424 e. The van der Waals surface area contributed by atoms with Crippen molar-refractivity contribution in [3.63, 3.8) is 0 Å². The molecule has 208 valence electrons. The lowest BCUT2D eigenvalue weighted by molar-refractivity contribution is -0.265. The fourth-order valence-electron chi connectivity index (χ4n) is 3.74. The van der Waals surface area contributed by atoms with Crippen molar-refractivity contribution in [2.45, 2.75) is 50.1 Å². The van der Waals surface area contributed by atoms with Crippen LogP contribution < -0.4 is 20.5 Å². The summed E-state index contributed by atoms with van der Waals surface area (Å²) in [6, 6.07) is 9.83. The molecule has 2 heterocycles. The van der Waals surface area contributed by atoms with E-state index < -0.39 is 35.5 Å². The lowest BCUT2D eigenvalue weighted by Crippen LogP contribution is -2.51.